The molecule has 1 aliphatic rings. The molecule has 4 heteroatoms. The van der Waals surface area contributed by atoms with Gasteiger partial charge in [-0.05, 0) is 40.2 Å². The van der Waals surface area contributed by atoms with Crippen molar-refractivity contribution in [3.63, 3.8) is 0 Å². The van der Waals surface area contributed by atoms with E-state index in [2.05, 4.69) is 5.32 Å². The lowest BCUT2D eigenvalue weighted by atomic mass is 10.2. The predicted molar refractivity (Wildman–Crippen MR) is 64.2 cm³/mol. The van der Waals surface area contributed by atoms with Gasteiger partial charge in [0.2, 0.25) is 0 Å². The minimum atomic E-state index is -0.358. The van der Waals surface area contributed by atoms with Gasteiger partial charge in [0.15, 0.2) is 0 Å². The Balaban J connectivity index is 2.06. The number of carbonyl (C=O) groups is 1. The molecule has 0 unspecified atom stereocenters. The van der Waals surface area contributed by atoms with Crippen molar-refractivity contribution in [1.82, 2.24) is 5.32 Å². The van der Waals surface area contributed by atoms with Crippen molar-refractivity contribution in [2.75, 3.05) is 18.1 Å². The van der Waals surface area contributed by atoms with E-state index < -0.39 is 0 Å². The number of nitrogens with one attached hydrogen (secondary N) is 1. The SMILES string of the molecule is CC(C)(C)OC(=O)CSC[C@@H]1CCCN1. The predicted octanol–water partition coefficient (Wildman–Crippen LogP) is 1.81. The summed E-state index contributed by atoms with van der Waals surface area (Å²) in [5, 5.41) is 3.41. The number of ether oxygens (including phenoxy) is 1. The molecule has 0 saturated carbocycles. The van der Waals surface area contributed by atoms with Crippen LogP contribution < -0.4 is 5.32 Å². The first-order valence-electron chi connectivity index (χ1n) is 5.50. The van der Waals surface area contributed by atoms with Crippen molar-refractivity contribution >= 4 is 17.7 Å². The van der Waals surface area contributed by atoms with E-state index in [4.69, 9.17) is 4.74 Å². The molecule has 0 amide bonds. The van der Waals surface area contributed by atoms with Crippen molar-refractivity contribution in [3.05, 3.63) is 0 Å². The zero-order chi connectivity index (χ0) is 11.3. The minimum absolute atomic E-state index is 0.106. The first kappa shape index (κ1) is 12.8. The minimum Gasteiger partial charge on any atom is -0.459 e. The zero-order valence-corrected chi connectivity index (χ0v) is 10.7. The maximum atomic E-state index is 11.4. The molecule has 1 N–H and O–H groups in total. The van der Waals surface area contributed by atoms with E-state index in [-0.39, 0.29) is 11.6 Å². The van der Waals surface area contributed by atoms with Crippen molar-refractivity contribution in [2.45, 2.75) is 45.3 Å². The van der Waals surface area contributed by atoms with Crippen LogP contribution in [0, 0.1) is 0 Å². The van der Waals surface area contributed by atoms with Gasteiger partial charge in [-0.1, -0.05) is 0 Å². The average Bonchev–Trinajstić information content (AvgIpc) is 2.53. The van der Waals surface area contributed by atoms with Crippen molar-refractivity contribution in [3.8, 4) is 0 Å². The molecule has 1 atom stereocenters. The maximum Gasteiger partial charge on any atom is 0.316 e. The van der Waals surface area contributed by atoms with E-state index >= 15 is 0 Å². The highest BCUT2D eigenvalue weighted by atomic mass is 32.2. The Bertz CT molecular complexity index is 207. The summed E-state index contributed by atoms with van der Waals surface area (Å²) in [5.41, 5.74) is -0.358. The van der Waals surface area contributed by atoms with Crippen molar-refractivity contribution in [2.24, 2.45) is 0 Å². The van der Waals surface area contributed by atoms with Crippen molar-refractivity contribution in [1.29, 1.82) is 0 Å². The Hall–Kier alpha value is -0.220. The quantitative estimate of drug-likeness (QED) is 0.749. The van der Waals surface area contributed by atoms with Gasteiger partial charge in [-0.3, -0.25) is 4.79 Å². The van der Waals surface area contributed by atoms with Crippen LogP contribution >= 0.6 is 11.8 Å². The normalized spacial score (nSPS) is 21.7. The van der Waals surface area contributed by atoms with Crippen LogP contribution in [0.15, 0.2) is 0 Å². The Morgan fingerprint density at radius 3 is 2.80 bits per heavy atom. The third-order valence-corrected chi connectivity index (χ3v) is 3.20. The molecule has 88 valence electrons. The largest absolute Gasteiger partial charge is 0.459 e. The molecule has 1 heterocycles. The van der Waals surface area contributed by atoms with Gasteiger partial charge in [0.1, 0.15) is 5.60 Å². The number of hydrogen-bond donors (Lipinski definition) is 1. The summed E-state index contributed by atoms with van der Waals surface area (Å²) < 4.78 is 5.22. The highest BCUT2D eigenvalue weighted by Gasteiger charge is 2.18. The van der Waals surface area contributed by atoms with Crippen molar-refractivity contribution < 1.29 is 9.53 Å². The molecule has 0 aromatic carbocycles. The smallest absolute Gasteiger partial charge is 0.316 e. The van der Waals surface area contributed by atoms with Gasteiger partial charge < -0.3 is 10.1 Å². The third kappa shape index (κ3) is 6.05. The van der Waals surface area contributed by atoms with Gasteiger partial charge in [-0.15, -0.1) is 11.8 Å². The summed E-state index contributed by atoms with van der Waals surface area (Å²) in [6.45, 7) is 6.81. The second kappa shape index (κ2) is 5.75. The fourth-order valence-electron chi connectivity index (χ4n) is 1.55. The highest BCUT2D eigenvalue weighted by molar-refractivity contribution is 7.99. The van der Waals surface area contributed by atoms with Crippen LogP contribution in [0.4, 0.5) is 0 Å². The van der Waals surface area contributed by atoms with E-state index in [1.54, 1.807) is 11.8 Å². The molecule has 0 aliphatic carbocycles. The van der Waals surface area contributed by atoms with Crippen LogP contribution in [0.2, 0.25) is 0 Å². The Morgan fingerprint density at radius 2 is 2.27 bits per heavy atom. The molecule has 0 bridgehead atoms. The Labute approximate surface area is 96.3 Å². The summed E-state index contributed by atoms with van der Waals surface area (Å²) in [6, 6.07) is 0.595. The van der Waals surface area contributed by atoms with E-state index in [0.29, 0.717) is 11.8 Å². The summed E-state index contributed by atoms with van der Waals surface area (Å²) in [6.07, 6.45) is 2.50. The number of thioether (sulfide) groups is 1. The Morgan fingerprint density at radius 1 is 1.53 bits per heavy atom. The van der Waals surface area contributed by atoms with Crippen LogP contribution in [-0.4, -0.2) is 35.7 Å². The monoisotopic (exact) mass is 231 g/mol. The molecular formula is C11H21NO2S. The van der Waals surface area contributed by atoms with E-state index in [1.807, 2.05) is 20.8 Å². The molecule has 1 rings (SSSR count). The van der Waals surface area contributed by atoms with Crippen LogP contribution in [0.1, 0.15) is 33.6 Å². The molecule has 1 aliphatic heterocycles. The average molecular weight is 231 g/mol. The molecule has 1 fully saturated rings. The van der Waals surface area contributed by atoms with Crippen LogP contribution in [0.3, 0.4) is 0 Å². The lowest BCUT2D eigenvalue weighted by Crippen LogP contribution is -2.27. The summed E-state index contributed by atoms with van der Waals surface area (Å²) in [7, 11) is 0. The molecule has 1 saturated heterocycles. The van der Waals surface area contributed by atoms with Crippen LogP contribution in [-0.2, 0) is 9.53 Å². The topological polar surface area (TPSA) is 38.3 Å². The summed E-state index contributed by atoms with van der Waals surface area (Å²) in [5.74, 6) is 1.37. The van der Waals surface area contributed by atoms with Gasteiger partial charge in [0.25, 0.3) is 0 Å². The van der Waals surface area contributed by atoms with Crippen LogP contribution in [0.25, 0.3) is 0 Å². The fraction of sp³-hybridized carbons (Fsp3) is 0.909. The summed E-state index contributed by atoms with van der Waals surface area (Å²) >= 11 is 1.66. The zero-order valence-electron chi connectivity index (χ0n) is 9.84. The molecule has 0 aromatic rings. The fourth-order valence-corrected chi connectivity index (χ4v) is 2.47. The lowest BCUT2D eigenvalue weighted by Gasteiger charge is -2.19. The van der Waals surface area contributed by atoms with E-state index in [0.717, 1.165) is 12.3 Å². The standard InChI is InChI=1S/C11H21NO2S/c1-11(2,3)14-10(13)8-15-7-9-5-4-6-12-9/h9,12H,4-8H2,1-3H3/t9-/m0/s1. The summed E-state index contributed by atoms with van der Waals surface area (Å²) in [4.78, 5) is 11.4. The number of hydrogen-bond acceptors (Lipinski definition) is 4. The van der Waals surface area contributed by atoms with E-state index in [1.165, 1.54) is 12.8 Å². The first-order chi connectivity index (χ1) is 6.97. The molecule has 0 spiro atoms. The Kier molecular flexibility index (Phi) is 4.93. The van der Waals surface area contributed by atoms with Gasteiger partial charge in [0.05, 0.1) is 5.75 Å². The maximum absolute atomic E-state index is 11.4. The van der Waals surface area contributed by atoms with Gasteiger partial charge in [-0.2, -0.15) is 0 Å². The molecular weight excluding hydrogens is 210 g/mol. The first-order valence-corrected chi connectivity index (χ1v) is 6.66. The van der Waals surface area contributed by atoms with Gasteiger partial charge in [0, 0.05) is 11.8 Å². The second-order valence-corrected chi connectivity index (χ2v) is 5.93. The lowest BCUT2D eigenvalue weighted by molar-refractivity contribution is -0.151. The second-order valence-electron chi connectivity index (χ2n) is 4.89. The molecule has 0 radical (unpaired) electrons. The number of rotatable bonds is 4. The third-order valence-electron chi connectivity index (χ3n) is 2.12. The molecule has 0 aromatic heterocycles. The van der Waals surface area contributed by atoms with Crippen LogP contribution in [0.5, 0.6) is 0 Å². The molecule has 3 nitrogen and oxygen atoms in total. The number of esters is 1. The molecule has 15 heavy (non-hydrogen) atoms. The van der Waals surface area contributed by atoms with Gasteiger partial charge >= 0.3 is 5.97 Å². The highest BCUT2D eigenvalue weighted by Crippen LogP contribution is 2.14. The van der Waals surface area contributed by atoms with E-state index in [9.17, 15) is 4.79 Å². The van der Waals surface area contributed by atoms with Gasteiger partial charge in [-0.25, -0.2) is 0 Å². The number of carbonyl (C=O) groups excluding carboxylic acids is 1.